The predicted molar refractivity (Wildman–Crippen MR) is 77.7 cm³/mol. The summed E-state index contributed by atoms with van der Waals surface area (Å²) in [5.74, 6) is 0.490. The molecule has 0 saturated heterocycles. The summed E-state index contributed by atoms with van der Waals surface area (Å²) in [6.07, 6.45) is 2.99. The lowest BCUT2D eigenvalue weighted by Gasteiger charge is -2.64. The van der Waals surface area contributed by atoms with E-state index in [4.69, 9.17) is 9.47 Å². The van der Waals surface area contributed by atoms with Gasteiger partial charge in [-0.15, -0.1) is 0 Å². The summed E-state index contributed by atoms with van der Waals surface area (Å²) < 4.78 is 10.6. The summed E-state index contributed by atoms with van der Waals surface area (Å²) in [5.41, 5.74) is 0.0961. The van der Waals surface area contributed by atoms with Gasteiger partial charge in [0.25, 0.3) is 0 Å². The average Bonchev–Trinajstić information content (AvgIpc) is 2.66. The maximum absolute atomic E-state index is 12.3. The Balaban J connectivity index is 1.88. The maximum atomic E-state index is 12.3. The highest BCUT2D eigenvalue weighted by Gasteiger charge is 2.71. The Hall–Kier alpha value is -1.39. The molecule has 3 aliphatic rings. The zero-order chi connectivity index (χ0) is 16.1. The number of esters is 2. The van der Waals surface area contributed by atoms with E-state index in [0.29, 0.717) is 24.9 Å². The first-order valence-electron chi connectivity index (χ1n) is 8.21. The second-order valence-electron chi connectivity index (χ2n) is 7.19. The molecule has 3 saturated carbocycles. The lowest BCUT2D eigenvalue weighted by atomic mass is 9.41. The summed E-state index contributed by atoms with van der Waals surface area (Å²) in [6, 6.07) is 0. The Kier molecular flexibility index (Phi) is 3.77. The SMILES string of the molecule is CC(=O)OC[C@@H]1[C@@H]2[C@H](OC(C)=O)C(=O)CC[C@@]23[C@@H](C)CC[C@@H]13. The maximum Gasteiger partial charge on any atom is 0.303 e. The van der Waals surface area contributed by atoms with E-state index in [2.05, 4.69) is 6.92 Å². The van der Waals surface area contributed by atoms with Gasteiger partial charge in [0.05, 0.1) is 6.61 Å². The van der Waals surface area contributed by atoms with E-state index in [0.717, 1.165) is 19.3 Å². The number of Topliss-reactive ketones (excluding diaryl/α,β-unsaturated/α-hetero) is 1. The van der Waals surface area contributed by atoms with Crippen LogP contribution >= 0.6 is 0 Å². The van der Waals surface area contributed by atoms with Crippen molar-refractivity contribution in [3.8, 4) is 0 Å². The fraction of sp³-hybridized carbons (Fsp3) is 0.824. The summed E-state index contributed by atoms with van der Waals surface area (Å²) in [4.78, 5) is 34.9. The molecule has 1 spiro atoms. The van der Waals surface area contributed by atoms with Gasteiger partial charge in [-0.1, -0.05) is 6.92 Å². The van der Waals surface area contributed by atoms with Crippen molar-refractivity contribution in [2.75, 3.05) is 6.61 Å². The van der Waals surface area contributed by atoms with E-state index in [1.165, 1.54) is 13.8 Å². The van der Waals surface area contributed by atoms with Gasteiger partial charge in [0, 0.05) is 32.1 Å². The molecule has 6 atom stereocenters. The average molecular weight is 308 g/mol. The standard InChI is InChI=1S/C17H24O5/c1-9-4-5-13-12(8-21-10(2)18)15-16(22-11(3)19)14(20)6-7-17(9,13)15/h9,12-13,15-16H,4-8H2,1-3H3/t9-,12-,13-,15+,16+,17-/m0/s1. The molecule has 3 aliphatic carbocycles. The molecule has 0 aliphatic heterocycles. The van der Waals surface area contributed by atoms with Gasteiger partial charge in [-0.3, -0.25) is 14.4 Å². The van der Waals surface area contributed by atoms with Gasteiger partial charge in [-0.2, -0.15) is 0 Å². The van der Waals surface area contributed by atoms with Gasteiger partial charge in [0.2, 0.25) is 0 Å². The van der Waals surface area contributed by atoms with Crippen LogP contribution in [0.15, 0.2) is 0 Å². The Morgan fingerprint density at radius 2 is 1.95 bits per heavy atom. The molecule has 0 aromatic heterocycles. The number of carbonyl (C=O) groups is 3. The molecule has 0 N–H and O–H groups in total. The molecule has 0 unspecified atom stereocenters. The highest BCUT2D eigenvalue weighted by molar-refractivity contribution is 5.87. The molecule has 0 radical (unpaired) electrons. The zero-order valence-electron chi connectivity index (χ0n) is 13.5. The van der Waals surface area contributed by atoms with Crippen LogP contribution in [0, 0.1) is 29.1 Å². The Morgan fingerprint density at radius 3 is 2.59 bits per heavy atom. The van der Waals surface area contributed by atoms with Crippen molar-refractivity contribution in [1.29, 1.82) is 0 Å². The molecule has 5 heteroatoms. The van der Waals surface area contributed by atoms with E-state index < -0.39 is 12.1 Å². The lowest BCUT2D eigenvalue weighted by molar-refractivity contribution is -0.221. The smallest absolute Gasteiger partial charge is 0.303 e. The van der Waals surface area contributed by atoms with E-state index in [9.17, 15) is 14.4 Å². The first-order chi connectivity index (χ1) is 10.4. The van der Waals surface area contributed by atoms with Gasteiger partial charge in [0.1, 0.15) is 0 Å². The molecule has 3 rings (SSSR count). The van der Waals surface area contributed by atoms with Crippen LogP contribution < -0.4 is 0 Å². The van der Waals surface area contributed by atoms with Gasteiger partial charge in [-0.05, 0) is 36.5 Å². The first kappa shape index (κ1) is 15.5. The first-order valence-corrected chi connectivity index (χ1v) is 8.21. The molecule has 22 heavy (non-hydrogen) atoms. The van der Waals surface area contributed by atoms with E-state index >= 15 is 0 Å². The number of carbonyl (C=O) groups excluding carboxylic acids is 3. The van der Waals surface area contributed by atoms with Crippen molar-refractivity contribution in [3.05, 3.63) is 0 Å². The third-order valence-corrected chi connectivity index (χ3v) is 6.34. The largest absolute Gasteiger partial charge is 0.466 e. The second kappa shape index (κ2) is 5.36. The van der Waals surface area contributed by atoms with Crippen molar-refractivity contribution in [3.63, 3.8) is 0 Å². The topological polar surface area (TPSA) is 69.7 Å². The molecule has 5 nitrogen and oxygen atoms in total. The molecule has 3 fully saturated rings. The van der Waals surface area contributed by atoms with E-state index in [1.54, 1.807) is 0 Å². The number of hydrogen-bond acceptors (Lipinski definition) is 5. The summed E-state index contributed by atoms with van der Waals surface area (Å²) in [6.45, 7) is 5.34. The Labute approximate surface area is 130 Å². The van der Waals surface area contributed by atoms with Crippen LogP contribution in [0.1, 0.15) is 46.5 Å². The van der Waals surface area contributed by atoms with Crippen LogP contribution in [0.4, 0.5) is 0 Å². The highest BCUT2D eigenvalue weighted by atomic mass is 16.5. The number of ether oxygens (including phenoxy) is 2. The molecular weight excluding hydrogens is 284 g/mol. The minimum atomic E-state index is -0.649. The van der Waals surface area contributed by atoms with Crippen LogP contribution in [-0.2, 0) is 23.9 Å². The van der Waals surface area contributed by atoms with Crippen molar-refractivity contribution < 1.29 is 23.9 Å². The van der Waals surface area contributed by atoms with E-state index in [-0.39, 0.29) is 29.0 Å². The third-order valence-electron chi connectivity index (χ3n) is 6.34. The minimum absolute atomic E-state index is 0.0134. The van der Waals surface area contributed by atoms with Crippen molar-refractivity contribution >= 4 is 17.7 Å². The minimum Gasteiger partial charge on any atom is -0.466 e. The highest BCUT2D eigenvalue weighted by Crippen LogP contribution is 2.71. The number of ketones is 1. The fourth-order valence-corrected chi connectivity index (χ4v) is 5.59. The van der Waals surface area contributed by atoms with Crippen LogP contribution in [0.3, 0.4) is 0 Å². The molecular formula is C17H24O5. The number of rotatable bonds is 3. The lowest BCUT2D eigenvalue weighted by Crippen LogP contribution is -2.66. The zero-order valence-corrected chi connectivity index (χ0v) is 13.5. The molecule has 0 amide bonds. The predicted octanol–water partition coefficient (Wildman–Crippen LogP) is 2.12. The molecule has 122 valence electrons. The molecule has 0 heterocycles. The summed E-state index contributed by atoms with van der Waals surface area (Å²) in [7, 11) is 0. The quantitative estimate of drug-likeness (QED) is 0.747. The molecule has 0 aromatic rings. The third kappa shape index (κ3) is 2.09. The summed E-state index contributed by atoms with van der Waals surface area (Å²) >= 11 is 0. The fourth-order valence-electron chi connectivity index (χ4n) is 5.59. The van der Waals surface area contributed by atoms with Gasteiger partial charge < -0.3 is 9.47 Å². The van der Waals surface area contributed by atoms with Crippen molar-refractivity contribution in [1.82, 2.24) is 0 Å². The van der Waals surface area contributed by atoms with Gasteiger partial charge >= 0.3 is 11.9 Å². The monoisotopic (exact) mass is 308 g/mol. The van der Waals surface area contributed by atoms with Gasteiger partial charge in [0.15, 0.2) is 11.9 Å². The van der Waals surface area contributed by atoms with Crippen LogP contribution in [0.5, 0.6) is 0 Å². The van der Waals surface area contributed by atoms with Crippen LogP contribution in [-0.4, -0.2) is 30.4 Å². The molecule has 0 aromatic carbocycles. The number of hydrogen-bond donors (Lipinski definition) is 0. The van der Waals surface area contributed by atoms with Crippen LogP contribution in [0.25, 0.3) is 0 Å². The molecule has 0 bridgehead atoms. The Morgan fingerprint density at radius 1 is 1.23 bits per heavy atom. The van der Waals surface area contributed by atoms with Crippen molar-refractivity contribution in [2.45, 2.75) is 52.6 Å². The van der Waals surface area contributed by atoms with Crippen LogP contribution in [0.2, 0.25) is 0 Å². The normalized spacial score (nSPS) is 42.9. The summed E-state index contributed by atoms with van der Waals surface area (Å²) in [5, 5.41) is 0. The Bertz CT molecular complexity index is 513. The van der Waals surface area contributed by atoms with Gasteiger partial charge in [-0.25, -0.2) is 0 Å². The van der Waals surface area contributed by atoms with E-state index in [1.807, 2.05) is 0 Å². The second-order valence-corrected chi connectivity index (χ2v) is 7.19. The van der Waals surface area contributed by atoms with Crippen molar-refractivity contribution in [2.24, 2.45) is 29.1 Å².